The molecular weight excluding hydrogens is 352 g/mol. The number of anilines is 2. The van der Waals surface area contributed by atoms with Gasteiger partial charge in [0.2, 0.25) is 11.0 Å². The number of hydrogen-bond donors (Lipinski definition) is 2. The van der Waals surface area contributed by atoms with Crippen molar-refractivity contribution in [3.8, 4) is 0 Å². The molecule has 1 aromatic heterocycles. The van der Waals surface area contributed by atoms with Gasteiger partial charge in [0.05, 0.1) is 0 Å². The van der Waals surface area contributed by atoms with Crippen molar-refractivity contribution in [1.29, 1.82) is 0 Å². The Morgan fingerprint density at radius 3 is 2.60 bits per heavy atom. The van der Waals surface area contributed by atoms with E-state index in [1.54, 1.807) is 0 Å². The van der Waals surface area contributed by atoms with Crippen LogP contribution in [0.2, 0.25) is 0 Å². The standard InChI is InChI=1S/C18H18N4OS2/c1-2-12-8-6-7-11-14(12)20-17-21-22-18(25-17)24-15(16(19)23)13-9-4-3-5-10-13/h3-11,15H,2H2,1H3,(H2,19,23)(H,20,21)/t15-/m1/s1. The molecule has 5 nitrogen and oxygen atoms in total. The molecule has 25 heavy (non-hydrogen) atoms. The number of carbonyl (C=O) groups is 1. The fraction of sp³-hybridized carbons (Fsp3) is 0.167. The number of rotatable bonds is 7. The molecule has 1 atom stereocenters. The third-order valence-electron chi connectivity index (χ3n) is 3.63. The molecule has 0 aliphatic carbocycles. The number of primary amides is 1. The van der Waals surface area contributed by atoms with Crippen LogP contribution in [0.4, 0.5) is 10.8 Å². The van der Waals surface area contributed by atoms with Gasteiger partial charge in [0, 0.05) is 5.69 Å². The minimum absolute atomic E-state index is 0.391. The van der Waals surface area contributed by atoms with Crippen LogP contribution in [0.15, 0.2) is 58.9 Å². The Hall–Kier alpha value is -2.38. The highest BCUT2D eigenvalue weighted by atomic mass is 32.2. The lowest BCUT2D eigenvalue weighted by atomic mass is 10.1. The van der Waals surface area contributed by atoms with Crippen LogP contribution >= 0.6 is 23.1 Å². The monoisotopic (exact) mass is 370 g/mol. The summed E-state index contributed by atoms with van der Waals surface area (Å²) in [6, 6.07) is 17.6. The van der Waals surface area contributed by atoms with E-state index in [-0.39, 0.29) is 0 Å². The molecule has 2 aromatic carbocycles. The lowest BCUT2D eigenvalue weighted by Crippen LogP contribution is -2.18. The summed E-state index contributed by atoms with van der Waals surface area (Å²) in [5.41, 5.74) is 8.66. The van der Waals surface area contributed by atoms with Crippen LogP contribution in [-0.2, 0) is 11.2 Å². The predicted octanol–water partition coefficient (Wildman–Crippen LogP) is 4.16. The topological polar surface area (TPSA) is 80.9 Å². The second kappa shape index (κ2) is 8.13. The number of carbonyl (C=O) groups excluding carboxylic acids is 1. The summed E-state index contributed by atoms with van der Waals surface area (Å²) in [4.78, 5) is 11.8. The van der Waals surface area contributed by atoms with Crippen molar-refractivity contribution in [2.45, 2.75) is 22.9 Å². The fourth-order valence-corrected chi connectivity index (χ4v) is 4.30. The Bertz CT molecular complexity index is 851. The lowest BCUT2D eigenvalue weighted by molar-refractivity contribution is -0.117. The van der Waals surface area contributed by atoms with E-state index in [4.69, 9.17) is 5.73 Å². The quantitative estimate of drug-likeness (QED) is 0.610. The second-order valence-corrected chi connectivity index (χ2v) is 7.65. The van der Waals surface area contributed by atoms with Gasteiger partial charge >= 0.3 is 0 Å². The SMILES string of the molecule is CCc1ccccc1Nc1nnc(S[C@@H](C(N)=O)c2ccccc2)s1. The molecule has 1 heterocycles. The molecule has 0 unspecified atom stereocenters. The van der Waals surface area contributed by atoms with E-state index >= 15 is 0 Å². The number of nitrogens with one attached hydrogen (secondary N) is 1. The van der Waals surface area contributed by atoms with Crippen LogP contribution in [0.25, 0.3) is 0 Å². The zero-order valence-corrected chi connectivity index (χ0v) is 15.3. The number of aryl methyl sites for hydroxylation is 1. The van der Waals surface area contributed by atoms with Crippen LogP contribution in [0.3, 0.4) is 0 Å². The number of nitrogens with zero attached hydrogens (tertiary/aromatic N) is 2. The smallest absolute Gasteiger partial charge is 0.235 e. The third-order valence-corrected chi connectivity index (χ3v) is 5.82. The van der Waals surface area contributed by atoms with E-state index in [1.807, 2.05) is 48.5 Å². The van der Waals surface area contributed by atoms with Gasteiger partial charge in [-0.1, -0.05) is 78.6 Å². The Morgan fingerprint density at radius 2 is 1.88 bits per heavy atom. The lowest BCUT2D eigenvalue weighted by Gasteiger charge is -2.10. The molecule has 3 aromatic rings. The van der Waals surface area contributed by atoms with Crippen molar-refractivity contribution in [2.24, 2.45) is 5.73 Å². The number of aromatic nitrogens is 2. The second-order valence-electron chi connectivity index (χ2n) is 5.32. The average molecular weight is 371 g/mol. The van der Waals surface area contributed by atoms with Crippen molar-refractivity contribution in [3.63, 3.8) is 0 Å². The van der Waals surface area contributed by atoms with E-state index < -0.39 is 11.2 Å². The van der Waals surface area contributed by atoms with Crippen molar-refractivity contribution in [3.05, 3.63) is 65.7 Å². The molecule has 128 valence electrons. The summed E-state index contributed by atoms with van der Waals surface area (Å²) < 4.78 is 0.698. The number of benzene rings is 2. The van der Waals surface area contributed by atoms with Gasteiger partial charge in [-0.3, -0.25) is 4.79 Å². The van der Waals surface area contributed by atoms with E-state index in [9.17, 15) is 4.79 Å². The normalized spacial score (nSPS) is 11.9. The first kappa shape index (κ1) is 17.4. The van der Waals surface area contributed by atoms with Gasteiger partial charge in [-0.25, -0.2) is 0 Å². The van der Waals surface area contributed by atoms with Crippen LogP contribution in [0.1, 0.15) is 23.3 Å². The van der Waals surface area contributed by atoms with Crippen LogP contribution in [0, 0.1) is 0 Å². The Labute approximate surface area is 154 Å². The van der Waals surface area contributed by atoms with Gasteiger partial charge in [0.25, 0.3) is 0 Å². The zero-order chi connectivity index (χ0) is 17.6. The van der Waals surface area contributed by atoms with Gasteiger partial charge in [0.1, 0.15) is 5.25 Å². The molecule has 0 saturated carbocycles. The highest BCUT2D eigenvalue weighted by molar-refractivity contribution is 8.01. The zero-order valence-electron chi connectivity index (χ0n) is 13.7. The number of para-hydroxylation sites is 1. The highest BCUT2D eigenvalue weighted by Gasteiger charge is 2.21. The van der Waals surface area contributed by atoms with Crippen molar-refractivity contribution in [2.75, 3.05) is 5.32 Å². The number of amides is 1. The molecule has 3 N–H and O–H groups in total. The number of thioether (sulfide) groups is 1. The van der Waals surface area contributed by atoms with E-state index in [0.29, 0.717) is 9.47 Å². The first-order chi connectivity index (χ1) is 12.2. The average Bonchev–Trinajstić information content (AvgIpc) is 3.08. The molecule has 0 aliphatic heterocycles. The first-order valence-electron chi connectivity index (χ1n) is 7.86. The maximum absolute atomic E-state index is 11.8. The maximum Gasteiger partial charge on any atom is 0.235 e. The van der Waals surface area contributed by atoms with E-state index in [1.165, 1.54) is 28.7 Å². The molecule has 1 amide bonds. The van der Waals surface area contributed by atoms with Crippen molar-refractivity contribution >= 4 is 39.8 Å². The van der Waals surface area contributed by atoms with Crippen LogP contribution < -0.4 is 11.1 Å². The first-order valence-corrected chi connectivity index (χ1v) is 9.56. The molecule has 0 bridgehead atoms. The minimum Gasteiger partial charge on any atom is -0.368 e. The largest absolute Gasteiger partial charge is 0.368 e. The van der Waals surface area contributed by atoms with Gasteiger partial charge < -0.3 is 11.1 Å². The Balaban J connectivity index is 1.75. The molecule has 7 heteroatoms. The van der Waals surface area contributed by atoms with Gasteiger partial charge in [-0.05, 0) is 23.6 Å². The molecule has 0 radical (unpaired) electrons. The van der Waals surface area contributed by atoms with E-state index in [2.05, 4.69) is 28.5 Å². The van der Waals surface area contributed by atoms with Crippen molar-refractivity contribution < 1.29 is 4.79 Å². The van der Waals surface area contributed by atoms with E-state index in [0.717, 1.165) is 17.7 Å². The third kappa shape index (κ3) is 4.37. The minimum atomic E-state index is -0.482. The van der Waals surface area contributed by atoms with Crippen molar-refractivity contribution in [1.82, 2.24) is 10.2 Å². The summed E-state index contributed by atoms with van der Waals surface area (Å²) in [5, 5.41) is 11.9. The summed E-state index contributed by atoms with van der Waals surface area (Å²) >= 11 is 2.73. The summed E-state index contributed by atoms with van der Waals surface area (Å²) in [6.45, 7) is 2.11. The Kier molecular flexibility index (Phi) is 5.67. The summed E-state index contributed by atoms with van der Waals surface area (Å²) in [7, 11) is 0. The number of hydrogen-bond acceptors (Lipinski definition) is 6. The van der Waals surface area contributed by atoms with Gasteiger partial charge in [-0.2, -0.15) is 0 Å². The number of nitrogens with two attached hydrogens (primary N) is 1. The molecule has 0 saturated heterocycles. The molecule has 0 spiro atoms. The Morgan fingerprint density at radius 1 is 1.16 bits per heavy atom. The highest BCUT2D eigenvalue weighted by Crippen LogP contribution is 2.38. The summed E-state index contributed by atoms with van der Waals surface area (Å²) in [5.74, 6) is -0.391. The molecule has 3 rings (SSSR count). The van der Waals surface area contributed by atoms with Gasteiger partial charge in [-0.15, -0.1) is 10.2 Å². The molecular formula is C18H18N4OS2. The predicted molar refractivity (Wildman–Crippen MR) is 103 cm³/mol. The van der Waals surface area contributed by atoms with Crippen LogP contribution in [-0.4, -0.2) is 16.1 Å². The molecule has 0 fully saturated rings. The van der Waals surface area contributed by atoms with Crippen LogP contribution in [0.5, 0.6) is 0 Å². The summed E-state index contributed by atoms with van der Waals surface area (Å²) in [6.07, 6.45) is 0.932. The fourth-order valence-electron chi connectivity index (χ4n) is 2.39. The van der Waals surface area contributed by atoms with Gasteiger partial charge in [0.15, 0.2) is 4.34 Å². The maximum atomic E-state index is 11.8. The molecule has 0 aliphatic rings.